The van der Waals surface area contributed by atoms with Crippen molar-refractivity contribution in [3.63, 3.8) is 0 Å². The fourth-order valence-electron chi connectivity index (χ4n) is 1.86. The topological polar surface area (TPSA) is 77.1 Å². The van der Waals surface area contributed by atoms with Crippen LogP contribution in [0.15, 0.2) is 52.5 Å². The zero-order valence-electron chi connectivity index (χ0n) is 11.7. The summed E-state index contributed by atoms with van der Waals surface area (Å²) in [7, 11) is 1.59. The van der Waals surface area contributed by atoms with Crippen molar-refractivity contribution >= 4 is 17.6 Å². The number of thioether (sulfide) groups is 1. The SMILES string of the molecule is COc1cccc(Oc2cccc(SC)c2/C(N)=N/O)c1. The zero-order valence-corrected chi connectivity index (χ0v) is 12.6. The van der Waals surface area contributed by atoms with Crippen LogP contribution in [0.25, 0.3) is 0 Å². The second-order valence-corrected chi connectivity index (χ2v) is 4.95. The number of hydrogen-bond acceptors (Lipinski definition) is 5. The Morgan fingerprint density at radius 3 is 2.57 bits per heavy atom. The Bertz CT molecular complexity index is 659. The van der Waals surface area contributed by atoms with E-state index in [1.807, 2.05) is 36.6 Å². The average molecular weight is 304 g/mol. The average Bonchev–Trinajstić information content (AvgIpc) is 2.54. The van der Waals surface area contributed by atoms with E-state index in [1.54, 1.807) is 19.2 Å². The van der Waals surface area contributed by atoms with Crippen molar-refractivity contribution in [1.82, 2.24) is 0 Å². The van der Waals surface area contributed by atoms with E-state index in [9.17, 15) is 0 Å². The van der Waals surface area contributed by atoms with Crippen molar-refractivity contribution in [1.29, 1.82) is 0 Å². The molecule has 0 unspecified atom stereocenters. The van der Waals surface area contributed by atoms with Crippen molar-refractivity contribution in [2.75, 3.05) is 13.4 Å². The fourth-order valence-corrected chi connectivity index (χ4v) is 2.48. The molecule has 0 saturated carbocycles. The smallest absolute Gasteiger partial charge is 0.175 e. The minimum Gasteiger partial charge on any atom is -0.497 e. The van der Waals surface area contributed by atoms with Crippen LogP contribution in [0.2, 0.25) is 0 Å². The molecule has 21 heavy (non-hydrogen) atoms. The van der Waals surface area contributed by atoms with Crippen LogP contribution in [0.3, 0.4) is 0 Å². The lowest BCUT2D eigenvalue weighted by Crippen LogP contribution is -2.15. The number of ether oxygens (including phenoxy) is 2. The molecule has 0 atom stereocenters. The Balaban J connectivity index is 2.43. The summed E-state index contributed by atoms with van der Waals surface area (Å²) >= 11 is 1.49. The van der Waals surface area contributed by atoms with E-state index in [0.29, 0.717) is 22.8 Å². The number of amidine groups is 1. The van der Waals surface area contributed by atoms with Crippen LogP contribution >= 0.6 is 11.8 Å². The van der Waals surface area contributed by atoms with Gasteiger partial charge in [-0.25, -0.2) is 0 Å². The van der Waals surface area contributed by atoms with E-state index in [0.717, 1.165) is 4.90 Å². The number of nitrogens with zero attached hydrogens (tertiary/aromatic N) is 1. The predicted octanol–water partition coefficient (Wildman–Crippen LogP) is 3.30. The largest absolute Gasteiger partial charge is 0.497 e. The summed E-state index contributed by atoms with van der Waals surface area (Å²) in [6.07, 6.45) is 1.92. The van der Waals surface area contributed by atoms with Crippen LogP contribution in [-0.4, -0.2) is 24.4 Å². The number of oxime groups is 1. The molecule has 6 heteroatoms. The number of hydrogen-bond donors (Lipinski definition) is 2. The Morgan fingerprint density at radius 2 is 1.90 bits per heavy atom. The van der Waals surface area contributed by atoms with Crippen molar-refractivity contribution in [2.24, 2.45) is 10.9 Å². The van der Waals surface area contributed by atoms with Crippen LogP contribution in [0.4, 0.5) is 0 Å². The highest BCUT2D eigenvalue weighted by molar-refractivity contribution is 7.98. The van der Waals surface area contributed by atoms with Gasteiger partial charge in [0.25, 0.3) is 0 Å². The van der Waals surface area contributed by atoms with Gasteiger partial charge in [0.15, 0.2) is 5.84 Å². The van der Waals surface area contributed by atoms with Gasteiger partial charge in [-0.05, 0) is 30.5 Å². The first-order chi connectivity index (χ1) is 10.2. The third-order valence-corrected chi connectivity index (χ3v) is 3.62. The summed E-state index contributed by atoms with van der Waals surface area (Å²) in [6, 6.07) is 12.7. The molecule has 0 spiro atoms. The lowest BCUT2D eigenvalue weighted by Gasteiger charge is -2.13. The van der Waals surface area contributed by atoms with E-state index >= 15 is 0 Å². The highest BCUT2D eigenvalue weighted by Gasteiger charge is 2.14. The lowest BCUT2D eigenvalue weighted by atomic mass is 10.2. The van der Waals surface area contributed by atoms with E-state index in [2.05, 4.69) is 5.16 Å². The highest BCUT2D eigenvalue weighted by Crippen LogP contribution is 2.33. The zero-order chi connectivity index (χ0) is 15.2. The molecule has 2 aromatic carbocycles. The first-order valence-corrected chi connectivity index (χ1v) is 7.39. The maximum Gasteiger partial charge on any atom is 0.175 e. The second-order valence-electron chi connectivity index (χ2n) is 4.10. The standard InChI is InChI=1S/C15H16N2O3S/c1-19-10-5-3-6-11(9-10)20-12-7-4-8-13(21-2)14(12)15(16)17-18/h3-9,18H,1-2H3,(H2,16,17). The van der Waals surface area contributed by atoms with E-state index < -0.39 is 0 Å². The molecule has 0 fully saturated rings. The second kappa shape index (κ2) is 6.90. The van der Waals surface area contributed by atoms with Gasteiger partial charge in [0.05, 0.1) is 12.7 Å². The summed E-state index contributed by atoms with van der Waals surface area (Å²) in [5.41, 5.74) is 6.33. The number of rotatable bonds is 5. The van der Waals surface area contributed by atoms with Crippen molar-refractivity contribution in [3.8, 4) is 17.2 Å². The quantitative estimate of drug-likeness (QED) is 0.291. The summed E-state index contributed by atoms with van der Waals surface area (Å²) in [5, 5.41) is 12.0. The molecule has 2 rings (SSSR count). The molecule has 5 nitrogen and oxygen atoms in total. The van der Waals surface area contributed by atoms with Crippen LogP contribution in [-0.2, 0) is 0 Å². The Labute approximate surface area is 127 Å². The van der Waals surface area contributed by atoms with Gasteiger partial charge in [-0.1, -0.05) is 17.3 Å². The van der Waals surface area contributed by atoms with Crippen molar-refractivity contribution in [2.45, 2.75) is 4.90 Å². The highest BCUT2D eigenvalue weighted by atomic mass is 32.2. The maximum atomic E-state index is 8.96. The van der Waals surface area contributed by atoms with Gasteiger partial charge in [-0.2, -0.15) is 0 Å². The first kappa shape index (κ1) is 15.1. The predicted molar refractivity (Wildman–Crippen MR) is 83.8 cm³/mol. The number of nitrogens with two attached hydrogens (primary N) is 1. The van der Waals surface area contributed by atoms with Crippen molar-refractivity contribution in [3.05, 3.63) is 48.0 Å². The van der Waals surface area contributed by atoms with Gasteiger partial charge in [0.1, 0.15) is 17.2 Å². The van der Waals surface area contributed by atoms with Crippen LogP contribution in [0.5, 0.6) is 17.2 Å². The molecular formula is C15H16N2O3S. The first-order valence-electron chi connectivity index (χ1n) is 6.16. The normalized spacial score (nSPS) is 11.2. The molecule has 0 aliphatic heterocycles. The molecule has 110 valence electrons. The summed E-state index contributed by atoms with van der Waals surface area (Å²) in [5.74, 6) is 1.83. The molecule has 0 saturated heterocycles. The summed E-state index contributed by atoms with van der Waals surface area (Å²) in [6.45, 7) is 0. The lowest BCUT2D eigenvalue weighted by molar-refractivity contribution is 0.318. The third kappa shape index (κ3) is 3.41. The van der Waals surface area contributed by atoms with Crippen molar-refractivity contribution < 1.29 is 14.7 Å². The third-order valence-electron chi connectivity index (χ3n) is 2.84. The number of methoxy groups -OCH3 is 1. The number of benzene rings is 2. The van der Waals surface area contributed by atoms with Crippen LogP contribution in [0.1, 0.15) is 5.56 Å². The summed E-state index contributed by atoms with van der Waals surface area (Å²) in [4.78, 5) is 0.866. The van der Waals surface area contributed by atoms with Gasteiger partial charge in [-0.15, -0.1) is 11.8 Å². The molecule has 3 N–H and O–H groups in total. The Hall–Kier alpha value is -2.34. The molecule has 0 radical (unpaired) electrons. The molecule has 0 bridgehead atoms. The Morgan fingerprint density at radius 1 is 1.19 bits per heavy atom. The molecule has 0 heterocycles. The molecule has 0 aliphatic rings. The Kier molecular flexibility index (Phi) is 4.94. The van der Waals surface area contributed by atoms with E-state index in [1.165, 1.54) is 11.8 Å². The monoisotopic (exact) mass is 304 g/mol. The van der Waals surface area contributed by atoms with Gasteiger partial charge < -0.3 is 20.4 Å². The molecular weight excluding hydrogens is 288 g/mol. The summed E-state index contributed by atoms with van der Waals surface area (Å²) < 4.78 is 11.0. The van der Waals surface area contributed by atoms with Gasteiger partial charge in [0.2, 0.25) is 0 Å². The molecule has 0 amide bonds. The minimum atomic E-state index is 0.0119. The minimum absolute atomic E-state index is 0.0119. The van der Waals surface area contributed by atoms with E-state index in [4.69, 9.17) is 20.4 Å². The maximum absolute atomic E-state index is 8.96. The molecule has 0 aromatic heterocycles. The van der Waals surface area contributed by atoms with Gasteiger partial charge >= 0.3 is 0 Å². The van der Waals surface area contributed by atoms with Crippen LogP contribution in [0, 0.1) is 0 Å². The van der Waals surface area contributed by atoms with Crippen LogP contribution < -0.4 is 15.2 Å². The van der Waals surface area contributed by atoms with Gasteiger partial charge in [-0.3, -0.25) is 0 Å². The molecule has 2 aromatic rings. The molecule has 0 aliphatic carbocycles. The van der Waals surface area contributed by atoms with Gasteiger partial charge in [0, 0.05) is 11.0 Å². The van der Waals surface area contributed by atoms with E-state index in [-0.39, 0.29) is 5.84 Å². The fraction of sp³-hybridized carbons (Fsp3) is 0.133.